The molecule has 0 spiro atoms. The predicted octanol–water partition coefficient (Wildman–Crippen LogP) is 2.80. The van der Waals surface area contributed by atoms with E-state index in [1.165, 1.54) is 36.0 Å². The molecule has 0 aromatic heterocycles. The van der Waals surface area contributed by atoms with Crippen molar-refractivity contribution in [2.24, 2.45) is 4.99 Å². The number of nitrogens with zero attached hydrogens (tertiary/aromatic N) is 2. The quantitative estimate of drug-likeness (QED) is 0.372. The van der Waals surface area contributed by atoms with Gasteiger partial charge >= 0.3 is 0 Å². The van der Waals surface area contributed by atoms with Gasteiger partial charge in [-0.15, -0.1) is 4.48 Å². The summed E-state index contributed by atoms with van der Waals surface area (Å²) in [5, 5.41) is 10.3. The fourth-order valence-corrected chi connectivity index (χ4v) is 0.846. The molecule has 0 heterocycles. The van der Waals surface area contributed by atoms with E-state index in [1.807, 2.05) is 13.8 Å². The Balaban J connectivity index is 0.00000106. The maximum Gasteiger partial charge on any atom is 0.269 e. The van der Waals surface area contributed by atoms with Crippen LogP contribution >= 0.6 is 0 Å². The van der Waals surface area contributed by atoms with Crippen LogP contribution in [0.5, 0.6) is 0 Å². The molecule has 0 aliphatic carbocycles. The molecule has 5 nitrogen and oxygen atoms in total. The smallest absolute Gasteiger partial charge is 0.260 e. The second kappa shape index (κ2) is 8.49. The lowest BCUT2D eigenvalue weighted by Crippen LogP contribution is -2.02. The number of hydrogen-bond donors (Lipinski definition) is 1. The molecule has 1 aromatic carbocycles. The maximum atomic E-state index is 11.4. The summed E-state index contributed by atoms with van der Waals surface area (Å²) in [4.78, 5) is 13.6. The molecule has 0 atom stereocenters. The Morgan fingerprint density at radius 1 is 1.44 bits per heavy atom. The Morgan fingerprint density at radius 2 is 2.00 bits per heavy atom. The third-order valence-electron chi connectivity index (χ3n) is 1.47. The Hall–Kier alpha value is -1.82. The Labute approximate surface area is 93.1 Å². The molecule has 0 aliphatic rings. The first-order chi connectivity index (χ1) is 7.74. The van der Waals surface area contributed by atoms with Crippen LogP contribution in [0.4, 0.5) is 15.9 Å². The van der Waals surface area contributed by atoms with Gasteiger partial charge in [0.1, 0.15) is 0 Å². The van der Waals surface area contributed by atoms with Crippen molar-refractivity contribution >= 4 is 17.6 Å². The highest BCUT2D eigenvalue weighted by molar-refractivity contribution is 5.65. The van der Waals surface area contributed by atoms with Crippen molar-refractivity contribution in [1.29, 1.82) is 0 Å². The normalized spacial score (nSPS) is 9.69. The van der Waals surface area contributed by atoms with Gasteiger partial charge in [0, 0.05) is 18.3 Å². The van der Waals surface area contributed by atoms with Crippen molar-refractivity contribution in [1.82, 2.24) is 5.54 Å². The van der Waals surface area contributed by atoms with Crippen molar-refractivity contribution in [3.05, 3.63) is 34.4 Å². The molecule has 0 bridgehead atoms. The summed E-state index contributed by atoms with van der Waals surface area (Å²) >= 11 is 0. The number of aliphatic imine (C=N–C) groups is 1. The molecule has 16 heavy (non-hydrogen) atoms. The first-order valence-corrected chi connectivity index (χ1v) is 4.84. The molecule has 1 N–H and O–H groups in total. The van der Waals surface area contributed by atoms with Crippen LogP contribution in [-0.2, 0) is 0 Å². The third kappa shape index (κ3) is 5.16. The van der Waals surface area contributed by atoms with Crippen LogP contribution < -0.4 is 5.54 Å². The molecular formula is C10H14FN3O2. The molecule has 1 aromatic rings. The molecule has 0 radical (unpaired) electrons. The number of non-ortho nitro benzene ring substituents is 1. The zero-order chi connectivity index (χ0) is 12.4. The van der Waals surface area contributed by atoms with Gasteiger partial charge in [-0.05, 0) is 12.1 Å². The minimum absolute atomic E-state index is 0.00701. The van der Waals surface area contributed by atoms with E-state index in [-0.39, 0.29) is 12.2 Å². The van der Waals surface area contributed by atoms with Gasteiger partial charge in [0.05, 0.1) is 17.2 Å². The maximum absolute atomic E-state index is 11.4. The zero-order valence-corrected chi connectivity index (χ0v) is 9.18. The van der Waals surface area contributed by atoms with Crippen LogP contribution in [0.3, 0.4) is 0 Å². The lowest BCUT2D eigenvalue weighted by molar-refractivity contribution is -0.384. The van der Waals surface area contributed by atoms with E-state index in [4.69, 9.17) is 0 Å². The van der Waals surface area contributed by atoms with Crippen molar-refractivity contribution in [3.8, 4) is 0 Å². The highest BCUT2D eigenvalue weighted by Gasteiger charge is 2.02. The van der Waals surface area contributed by atoms with Crippen molar-refractivity contribution in [3.63, 3.8) is 0 Å². The van der Waals surface area contributed by atoms with Gasteiger partial charge in [0.25, 0.3) is 5.69 Å². The summed E-state index contributed by atoms with van der Waals surface area (Å²) in [7, 11) is 0. The van der Waals surface area contributed by atoms with E-state index in [9.17, 15) is 14.6 Å². The standard InChI is InChI=1S/C8H8FN3O2.C2H6/c9-11-6-5-10-7-1-3-8(4-2-7)12(13)14;1-2/h1-5,11H,6H2;1-2H3. The van der Waals surface area contributed by atoms with E-state index >= 15 is 0 Å². The monoisotopic (exact) mass is 227 g/mol. The Kier molecular flexibility index (Phi) is 7.52. The number of nitrogens with one attached hydrogen (secondary N) is 1. The van der Waals surface area contributed by atoms with E-state index in [0.29, 0.717) is 5.69 Å². The van der Waals surface area contributed by atoms with Gasteiger partial charge in [0.15, 0.2) is 0 Å². The van der Waals surface area contributed by atoms with Gasteiger partial charge in [0.2, 0.25) is 0 Å². The van der Waals surface area contributed by atoms with Gasteiger partial charge in [-0.3, -0.25) is 15.1 Å². The first kappa shape index (κ1) is 14.2. The van der Waals surface area contributed by atoms with Crippen molar-refractivity contribution < 1.29 is 9.40 Å². The lowest BCUT2D eigenvalue weighted by atomic mass is 10.3. The minimum atomic E-state index is -0.489. The Morgan fingerprint density at radius 3 is 2.44 bits per heavy atom. The second-order valence-electron chi connectivity index (χ2n) is 2.42. The summed E-state index contributed by atoms with van der Waals surface area (Å²) < 4.78 is 11.4. The summed E-state index contributed by atoms with van der Waals surface area (Å²) in [6, 6.07) is 5.67. The van der Waals surface area contributed by atoms with Crippen LogP contribution in [0.25, 0.3) is 0 Å². The van der Waals surface area contributed by atoms with E-state index < -0.39 is 4.92 Å². The zero-order valence-electron chi connectivity index (χ0n) is 9.18. The number of benzene rings is 1. The number of nitro benzene ring substituents is 1. The molecular weight excluding hydrogens is 213 g/mol. The number of nitro groups is 1. The van der Waals surface area contributed by atoms with E-state index in [1.54, 1.807) is 0 Å². The number of hydrogen-bond acceptors (Lipinski definition) is 4. The minimum Gasteiger partial charge on any atom is -0.260 e. The van der Waals surface area contributed by atoms with Crippen LogP contribution in [0.1, 0.15) is 13.8 Å². The largest absolute Gasteiger partial charge is 0.269 e. The molecule has 0 amide bonds. The highest BCUT2D eigenvalue weighted by Crippen LogP contribution is 2.17. The molecule has 88 valence electrons. The second-order valence-corrected chi connectivity index (χ2v) is 2.42. The molecule has 0 fully saturated rings. The summed E-state index contributed by atoms with van der Waals surface area (Å²) in [6.07, 6.45) is 1.33. The summed E-state index contributed by atoms with van der Waals surface area (Å²) in [6.45, 7) is 4.01. The average Bonchev–Trinajstić information content (AvgIpc) is 2.33. The van der Waals surface area contributed by atoms with Crippen LogP contribution in [-0.4, -0.2) is 17.7 Å². The van der Waals surface area contributed by atoms with Gasteiger partial charge in [-0.25, -0.2) is 0 Å². The fourth-order valence-electron chi connectivity index (χ4n) is 0.846. The van der Waals surface area contributed by atoms with Crippen molar-refractivity contribution in [2.45, 2.75) is 13.8 Å². The van der Waals surface area contributed by atoms with Crippen LogP contribution in [0.15, 0.2) is 29.3 Å². The summed E-state index contributed by atoms with van der Waals surface area (Å²) in [5.41, 5.74) is 1.96. The predicted molar refractivity (Wildman–Crippen MR) is 61.7 cm³/mol. The van der Waals surface area contributed by atoms with Crippen LogP contribution in [0.2, 0.25) is 0 Å². The highest BCUT2D eigenvalue weighted by atomic mass is 19.2. The number of rotatable bonds is 4. The van der Waals surface area contributed by atoms with Crippen molar-refractivity contribution in [2.75, 3.05) is 6.54 Å². The number of halogens is 1. The molecule has 0 saturated carbocycles. The van der Waals surface area contributed by atoms with Crippen LogP contribution in [0, 0.1) is 10.1 Å². The lowest BCUT2D eigenvalue weighted by Gasteiger charge is -1.92. The molecule has 0 unspecified atom stereocenters. The van der Waals surface area contributed by atoms with E-state index in [0.717, 1.165) is 0 Å². The van der Waals surface area contributed by atoms with Gasteiger partial charge in [-0.1, -0.05) is 13.8 Å². The molecule has 1 rings (SSSR count). The first-order valence-electron chi connectivity index (χ1n) is 4.84. The molecule has 6 heteroatoms. The topological polar surface area (TPSA) is 67.5 Å². The van der Waals surface area contributed by atoms with Gasteiger partial charge in [-0.2, -0.15) is 5.54 Å². The van der Waals surface area contributed by atoms with E-state index in [2.05, 4.69) is 4.99 Å². The molecule has 0 aliphatic heterocycles. The summed E-state index contributed by atoms with van der Waals surface area (Å²) in [5.74, 6) is 0. The fraction of sp³-hybridized carbons (Fsp3) is 0.300. The molecule has 0 saturated heterocycles. The Bertz CT molecular complexity index is 338. The third-order valence-corrected chi connectivity index (χ3v) is 1.47. The SMILES string of the molecule is CC.O=[N+]([O-])c1ccc(N=CCNF)cc1. The average molecular weight is 227 g/mol. The van der Waals surface area contributed by atoms with Gasteiger partial charge < -0.3 is 0 Å².